The van der Waals surface area contributed by atoms with Gasteiger partial charge in [-0.15, -0.1) is 0 Å². The summed E-state index contributed by atoms with van der Waals surface area (Å²) in [7, 11) is 2.08. The van der Waals surface area contributed by atoms with Gasteiger partial charge in [0.2, 0.25) is 0 Å². The molecule has 0 unspecified atom stereocenters. The van der Waals surface area contributed by atoms with E-state index in [9.17, 15) is 9.90 Å². The SMILES string of the molecule is Cn1c(CN[C@H]2CC[C@](C)(O)CC2)cc2cc(NC(=O)c3ccc(OC[C@@H]4CCCO4)cc3)ccc21. The second-order valence-electron chi connectivity index (χ2n) is 10.5. The Hall–Kier alpha value is -2.87. The first-order chi connectivity index (χ1) is 17.4. The van der Waals surface area contributed by atoms with Crippen molar-refractivity contribution in [3.05, 3.63) is 59.8 Å². The van der Waals surface area contributed by atoms with E-state index in [1.807, 2.05) is 37.3 Å². The molecule has 3 N–H and O–H groups in total. The number of aromatic nitrogens is 1. The average Bonchev–Trinajstić information content (AvgIpc) is 3.50. The molecule has 5 rings (SSSR count). The zero-order valence-electron chi connectivity index (χ0n) is 21.3. The fraction of sp³-hybridized carbons (Fsp3) is 0.483. The number of benzene rings is 2. The highest BCUT2D eigenvalue weighted by Crippen LogP contribution is 2.28. The van der Waals surface area contributed by atoms with Crippen molar-refractivity contribution in [2.24, 2.45) is 7.05 Å². The summed E-state index contributed by atoms with van der Waals surface area (Å²) in [4.78, 5) is 12.8. The van der Waals surface area contributed by atoms with Gasteiger partial charge in [0.15, 0.2) is 0 Å². The molecule has 36 heavy (non-hydrogen) atoms. The average molecular weight is 492 g/mol. The lowest BCUT2D eigenvalue weighted by Gasteiger charge is -2.33. The van der Waals surface area contributed by atoms with Crippen LogP contribution in [0.2, 0.25) is 0 Å². The van der Waals surface area contributed by atoms with Gasteiger partial charge in [0, 0.05) is 54.1 Å². The third-order valence-corrected chi connectivity index (χ3v) is 7.61. The van der Waals surface area contributed by atoms with E-state index in [-0.39, 0.29) is 12.0 Å². The number of nitrogens with one attached hydrogen (secondary N) is 2. The molecular formula is C29H37N3O4. The highest BCUT2D eigenvalue weighted by molar-refractivity contribution is 6.05. The van der Waals surface area contributed by atoms with Gasteiger partial charge in [-0.3, -0.25) is 4.79 Å². The Morgan fingerprint density at radius 3 is 2.64 bits per heavy atom. The minimum Gasteiger partial charge on any atom is -0.491 e. The van der Waals surface area contributed by atoms with Crippen molar-refractivity contribution in [3.8, 4) is 5.75 Å². The van der Waals surface area contributed by atoms with Gasteiger partial charge in [-0.25, -0.2) is 0 Å². The molecule has 0 bridgehead atoms. The highest BCUT2D eigenvalue weighted by atomic mass is 16.5. The Morgan fingerprint density at radius 2 is 1.92 bits per heavy atom. The van der Waals surface area contributed by atoms with Crippen molar-refractivity contribution in [1.29, 1.82) is 0 Å². The standard InChI is InChI=1S/C29H37N3O4/c1-29(34)13-11-22(12-14-29)30-18-24-17-21-16-23(7-10-27(21)32(24)2)31-28(33)20-5-8-25(9-6-20)36-19-26-4-3-15-35-26/h5-10,16-17,22,26,30,34H,3-4,11-15,18-19H2,1-2H3,(H,31,33)/t22-,26-,29-/m0/s1. The molecule has 1 aromatic heterocycles. The number of ether oxygens (including phenoxy) is 2. The summed E-state index contributed by atoms with van der Waals surface area (Å²) in [6.45, 7) is 4.07. The lowest BCUT2D eigenvalue weighted by Crippen LogP contribution is -2.39. The summed E-state index contributed by atoms with van der Waals surface area (Å²) >= 11 is 0. The van der Waals surface area contributed by atoms with Crippen molar-refractivity contribution in [2.45, 2.75) is 69.7 Å². The highest BCUT2D eigenvalue weighted by Gasteiger charge is 2.28. The smallest absolute Gasteiger partial charge is 0.255 e. The topological polar surface area (TPSA) is 84.8 Å². The zero-order valence-corrected chi connectivity index (χ0v) is 21.3. The zero-order chi connectivity index (χ0) is 25.1. The molecule has 1 atom stereocenters. The third-order valence-electron chi connectivity index (χ3n) is 7.61. The maximum absolute atomic E-state index is 12.8. The van der Waals surface area contributed by atoms with Gasteiger partial charge in [-0.1, -0.05) is 0 Å². The van der Waals surface area contributed by atoms with Crippen LogP contribution in [0.4, 0.5) is 5.69 Å². The normalized spacial score (nSPS) is 24.2. The molecule has 2 heterocycles. The van der Waals surface area contributed by atoms with Crippen LogP contribution in [0.3, 0.4) is 0 Å². The number of rotatable bonds is 8. The van der Waals surface area contributed by atoms with Gasteiger partial charge in [-0.05, 0) is 94.0 Å². The van der Waals surface area contributed by atoms with Crippen LogP contribution in [0, 0.1) is 0 Å². The Labute approximate surface area is 212 Å². The fourth-order valence-electron chi connectivity index (χ4n) is 5.22. The molecular weight excluding hydrogens is 454 g/mol. The van der Waals surface area contributed by atoms with E-state index in [2.05, 4.69) is 28.3 Å². The molecule has 2 fully saturated rings. The van der Waals surface area contributed by atoms with Crippen molar-refractivity contribution in [1.82, 2.24) is 9.88 Å². The molecule has 1 aliphatic carbocycles. The Balaban J connectivity index is 1.17. The van der Waals surface area contributed by atoms with Crippen LogP contribution in [-0.2, 0) is 18.3 Å². The van der Waals surface area contributed by atoms with E-state index in [1.165, 1.54) is 5.69 Å². The van der Waals surface area contributed by atoms with Gasteiger partial charge >= 0.3 is 0 Å². The number of carbonyl (C=O) groups is 1. The third kappa shape index (κ3) is 5.91. The first-order valence-electron chi connectivity index (χ1n) is 13.1. The number of hydrogen-bond donors (Lipinski definition) is 3. The van der Waals surface area contributed by atoms with Gasteiger partial charge in [-0.2, -0.15) is 0 Å². The van der Waals surface area contributed by atoms with Crippen molar-refractivity contribution in [3.63, 3.8) is 0 Å². The second kappa shape index (κ2) is 10.6. The van der Waals surface area contributed by atoms with Crippen molar-refractivity contribution < 1.29 is 19.4 Å². The lowest BCUT2D eigenvalue weighted by molar-refractivity contribution is 0.0139. The molecule has 0 spiro atoms. The number of aryl methyl sites for hydroxylation is 1. The molecule has 7 heteroatoms. The molecule has 1 saturated heterocycles. The molecule has 0 radical (unpaired) electrons. The minimum atomic E-state index is -0.515. The van der Waals surface area contributed by atoms with Crippen molar-refractivity contribution in [2.75, 3.05) is 18.5 Å². The predicted octanol–water partition coefficient (Wildman–Crippen LogP) is 4.77. The number of fused-ring (bicyclic) bond motifs is 1. The first kappa shape index (κ1) is 24.8. The number of hydrogen-bond acceptors (Lipinski definition) is 5. The lowest BCUT2D eigenvalue weighted by atomic mass is 9.84. The van der Waals surface area contributed by atoms with E-state index in [4.69, 9.17) is 9.47 Å². The van der Waals surface area contributed by atoms with Crippen LogP contribution < -0.4 is 15.4 Å². The number of nitrogens with zero attached hydrogens (tertiary/aromatic N) is 1. The van der Waals surface area contributed by atoms with Crippen LogP contribution in [0.25, 0.3) is 10.9 Å². The van der Waals surface area contributed by atoms with E-state index in [0.717, 1.165) is 74.0 Å². The summed E-state index contributed by atoms with van der Waals surface area (Å²) in [6.07, 6.45) is 5.97. The molecule has 3 aromatic rings. The quantitative estimate of drug-likeness (QED) is 0.423. The maximum atomic E-state index is 12.8. The van der Waals surface area contributed by atoms with E-state index < -0.39 is 5.60 Å². The number of anilines is 1. The van der Waals surface area contributed by atoms with Gasteiger partial charge in [0.25, 0.3) is 5.91 Å². The van der Waals surface area contributed by atoms with Crippen LogP contribution in [-0.4, -0.2) is 46.5 Å². The van der Waals surface area contributed by atoms with Gasteiger partial charge in [0.1, 0.15) is 12.4 Å². The largest absolute Gasteiger partial charge is 0.491 e. The van der Waals surface area contributed by atoms with Crippen LogP contribution >= 0.6 is 0 Å². The Kier molecular flexibility index (Phi) is 7.32. The van der Waals surface area contributed by atoms with E-state index >= 15 is 0 Å². The first-order valence-corrected chi connectivity index (χ1v) is 13.1. The summed E-state index contributed by atoms with van der Waals surface area (Å²) in [6, 6.07) is 15.9. The van der Waals surface area contributed by atoms with Gasteiger partial charge in [0.05, 0.1) is 11.7 Å². The molecule has 7 nitrogen and oxygen atoms in total. The van der Waals surface area contributed by atoms with Crippen molar-refractivity contribution >= 4 is 22.5 Å². The molecule has 1 amide bonds. The second-order valence-corrected chi connectivity index (χ2v) is 10.5. The fourth-order valence-corrected chi connectivity index (χ4v) is 5.22. The van der Waals surface area contributed by atoms with E-state index in [0.29, 0.717) is 18.2 Å². The van der Waals surface area contributed by atoms with Crippen LogP contribution in [0.15, 0.2) is 48.5 Å². The molecule has 1 saturated carbocycles. The van der Waals surface area contributed by atoms with Crippen LogP contribution in [0.5, 0.6) is 5.75 Å². The monoisotopic (exact) mass is 491 g/mol. The summed E-state index contributed by atoms with van der Waals surface area (Å²) < 4.78 is 13.6. The molecule has 192 valence electrons. The minimum absolute atomic E-state index is 0.147. The molecule has 2 aromatic carbocycles. The number of amides is 1. The summed E-state index contributed by atoms with van der Waals surface area (Å²) in [5, 5.41) is 17.9. The van der Waals surface area contributed by atoms with Gasteiger partial charge < -0.3 is 29.8 Å². The number of aliphatic hydroxyl groups is 1. The summed E-state index contributed by atoms with van der Waals surface area (Å²) in [5.41, 5.74) is 3.17. The summed E-state index contributed by atoms with van der Waals surface area (Å²) in [5.74, 6) is 0.596. The van der Waals surface area contributed by atoms with Crippen LogP contribution in [0.1, 0.15) is 61.5 Å². The maximum Gasteiger partial charge on any atom is 0.255 e. The molecule has 2 aliphatic rings. The predicted molar refractivity (Wildman–Crippen MR) is 142 cm³/mol. The molecule has 1 aliphatic heterocycles. The number of carbonyl (C=O) groups excluding carboxylic acids is 1. The Bertz CT molecular complexity index is 1190. The van der Waals surface area contributed by atoms with E-state index in [1.54, 1.807) is 12.1 Å². The Morgan fingerprint density at radius 1 is 1.14 bits per heavy atom.